The van der Waals surface area contributed by atoms with Crippen molar-refractivity contribution in [3.8, 4) is 11.5 Å². The zero-order valence-electron chi connectivity index (χ0n) is 14.6. The van der Waals surface area contributed by atoms with E-state index in [1.54, 1.807) is 12.1 Å². The Morgan fingerprint density at radius 1 is 1.33 bits per heavy atom. The molecule has 2 rings (SSSR count). The largest absolute Gasteiger partial charge is 0.508 e. The first-order valence-corrected chi connectivity index (χ1v) is 9.46. The molecule has 8 nitrogen and oxygen atoms in total. The summed E-state index contributed by atoms with van der Waals surface area (Å²) < 4.78 is 30.9. The molecule has 0 aliphatic carbocycles. The molecule has 2 N–H and O–H groups in total. The van der Waals surface area contributed by atoms with Crippen LogP contribution in [0.3, 0.4) is 0 Å². The van der Waals surface area contributed by atoms with Crippen LogP contribution in [0, 0.1) is 0 Å². The van der Waals surface area contributed by atoms with Crippen molar-refractivity contribution >= 4 is 33.7 Å². The van der Waals surface area contributed by atoms with Crippen LogP contribution in [0.5, 0.6) is 11.5 Å². The number of carbonyl (C=O) groups is 1. The summed E-state index contributed by atoms with van der Waals surface area (Å²) in [4.78, 5) is 11.9. The molecule has 27 heavy (non-hydrogen) atoms. The zero-order chi connectivity index (χ0) is 20.0. The fourth-order valence-corrected chi connectivity index (χ4v) is 3.57. The molecular weight excluding hydrogens is 394 g/mol. The third-order valence-electron chi connectivity index (χ3n) is 3.47. The Kier molecular flexibility index (Phi) is 6.78. The Morgan fingerprint density at radius 3 is 2.70 bits per heavy atom. The van der Waals surface area contributed by atoms with Crippen LogP contribution < -0.4 is 10.2 Å². The van der Waals surface area contributed by atoms with Gasteiger partial charge in [-0.2, -0.15) is 9.41 Å². The highest BCUT2D eigenvalue weighted by atomic mass is 35.5. The SMILES string of the molecule is COc1ccc(S(=O)(=O)N(C)CC(=O)N/N=C\c2cccc(O)c2)cc1Cl. The zero-order valence-corrected chi connectivity index (χ0v) is 16.2. The molecule has 2 aromatic rings. The van der Waals surface area contributed by atoms with Crippen molar-refractivity contribution in [3.05, 3.63) is 53.1 Å². The number of carbonyl (C=O) groups excluding carboxylic acids is 1. The smallest absolute Gasteiger partial charge is 0.255 e. The lowest BCUT2D eigenvalue weighted by Crippen LogP contribution is -2.36. The Hall–Kier alpha value is -2.62. The van der Waals surface area contributed by atoms with Crippen molar-refractivity contribution < 1.29 is 23.1 Å². The van der Waals surface area contributed by atoms with Gasteiger partial charge in [0, 0.05) is 7.05 Å². The minimum absolute atomic E-state index is 0.0631. The van der Waals surface area contributed by atoms with E-state index >= 15 is 0 Å². The Bertz CT molecular complexity index is 963. The standard InChI is InChI=1S/C17H18ClN3O5S/c1-21(27(24,25)14-6-7-16(26-2)15(18)9-14)11-17(23)20-19-10-12-4-3-5-13(22)8-12/h3-10,22H,11H2,1-2H3,(H,20,23)/b19-10-. The Morgan fingerprint density at radius 2 is 2.07 bits per heavy atom. The molecular formula is C17H18ClN3O5S. The van der Waals surface area contributed by atoms with Gasteiger partial charge in [0.2, 0.25) is 10.0 Å². The summed E-state index contributed by atoms with van der Waals surface area (Å²) in [5.41, 5.74) is 2.80. The fourth-order valence-electron chi connectivity index (χ4n) is 2.09. The average molecular weight is 412 g/mol. The molecule has 0 spiro atoms. The lowest BCUT2D eigenvalue weighted by Gasteiger charge is -2.16. The van der Waals surface area contributed by atoms with Gasteiger partial charge in [0.1, 0.15) is 11.5 Å². The summed E-state index contributed by atoms with van der Waals surface area (Å²) in [6, 6.07) is 10.3. The quantitative estimate of drug-likeness (QED) is 0.533. The summed E-state index contributed by atoms with van der Waals surface area (Å²) >= 11 is 5.96. The van der Waals surface area contributed by atoms with Gasteiger partial charge in [-0.15, -0.1) is 0 Å². The first-order valence-electron chi connectivity index (χ1n) is 7.65. The number of likely N-dealkylation sites (N-methyl/N-ethyl adjacent to an activating group) is 1. The van der Waals surface area contributed by atoms with Crippen LogP contribution in [-0.2, 0) is 14.8 Å². The summed E-state index contributed by atoms with van der Waals surface area (Å²) in [5, 5.41) is 13.2. The van der Waals surface area contributed by atoms with E-state index in [9.17, 15) is 18.3 Å². The van der Waals surface area contributed by atoms with Crippen molar-refractivity contribution in [1.29, 1.82) is 0 Å². The number of rotatable bonds is 7. The topological polar surface area (TPSA) is 108 Å². The van der Waals surface area contributed by atoms with Crippen LogP contribution in [-0.4, -0.2) is 50.7 Å². The molecule has 2 aromatic carbocycles. The monoisotopic (exact) mass is 411 g/mol. The van der Waals surface area contributed by atoms with Crippen molar-refractivity contribution in [1.82, 2.24) is 9.73 Å². The van der Waals surface area contributed by atoms with E-state index in [1.165, 1.54) is 50.7 Å². The Labute approximate surface area is 162 Å². The maximum absolute atomic E-state index is 12.5. The van der Waals surface area contributed by atoms with Gasteiger partial charge in [-0.1, -0.05) is 23.7 Å². The van der Waals surface area contributed by atoms with Crippen molar-refractivity contribution in [2.24, 2.45) is 5.10 Å². The molecule has 0 bridgehead atoms. The maximum Gasteiger partial charge on any atom is 0.255 e. The van der Waals surface area contributed by atoms with Crippen molar-refractivity contribution in [2.75, 3.05) is 20.7 Å². The first-order chi connectivity index (χ1) is 12.7. The normalized spacial score (nSPS) is 11.7. The minimum Gasteiger partial charge on any atom is -0.508 e. The number of nitrogens with one attached hydrogen (secondary N) is 1. The molecule has 0 heterocycles. The van der Waals surface area contributed by atoms with Crippen molar-refractivity contribution in [3.63, 3.8) is 0 Å². The predicted octanol–water partition coefficient (Wildman–Crippen LogP) is 1.82. The van der Waals surface area contributed by atoms with E-state index in [2.05, 4.69) is 10.5 Å². The lowest BCUT2D eigenvalue weighted by molar-refractivity contribution is -0.121. The number of nitrogens with zero attached hydrogens (tertiary/aromatic N) is 2. The fraction of sp³-hybridized carbons (Fsp3) is 0.176. The first kappa shape index (κ1) is 20.7. The third-order valence-corrected chi connectivity index (χ3v) is 5.57. The van der Waals surface area contributed by atoms with Gasteiger partial charge >= 0.3 is 0 Å². The molecule has 0 aliphatic rings. The second-order valence-electron chi connectivity index (χ2n) is 5.45. The maximum atomic E-state index is 12.5. The highest BCUT2D eigenvalue weighted by Crippen LogP contribution is 2.27. The number of amides is 1. The molecule has 0 aromatic heterocycles. The van der Waals surface area contributed by atoms with Crippen LogP contribution >= 0.6 is 11.6 Å². The van der Waals surface area contributed by atoms with Crippen LogP contribution in [0.4, 0.5) is 0 Å². The number of hydrogen-bond acceptors (Lipinski definition) is 6. The van der Waals surface area contributed by atoms with Gasteiger partial charge in [-0.3, -0.25) is 4.79 Å². The number of methoxy groups -OCH3 is 1. The van der Waals surface area contributed by atoms with Gasteiger partial charge in [0.05, 0.1) is 29.8 Å². The van der Waals surface area contributed by atoms with E-state index in [1.807, 2.05) is 0 Å². The molecule has 1 amide bonds. The number of hydrogen-bond donors (Lipinski definition) is 2. The van der Waals surface area contributed by atoms with Crippen molar-refractivity contribution in [2.45, 2.75) is 4.90 Å². The Balaban J connectivity index is 2.01. The molecule has 10 heteroatoms. The molecule has 0 saturated carbocycles. The van der Waals surface area contributed by atoms with Crippen LogP contribution in [0.15, 0.2) is 52.5 Å². The van der Waals surface area contributed by atoms with Gasteiger partial charge in [0.15, 0.2) is 0 Å². The molecule has 0 unspecified atom stereocenters. The summed E-state index contributed by atoms with van der Waals surface area (Å²) in [6.07, 6.45) is 1.33. The van der Waals surface area contributed by atoms with Gasteiger partial charge in [0.25, 0.3) is 5.91 Å². The van der Waals surface area contributed by atoms with Crippen LogP contribution in [0.1, 0.15) is 5.56 Å². The molecule has 0 saturated heterocycles. The van der Waals surface area contributed by atoms with Crippen LogP contribution in [0.25, 0.3) is 0 Å². The van der Waals surface area contributed by atoms with E-state index in [4.69, 9.17) is 16.3 Å². The number of ether oxygens (including phenoxy) is 1. The third kappa shape index (κ3) is 5.43. The van der Waals surface area contributed by atoms with E-state index < -0.39 is 22.5 Å². The number of phenolic OH excluding ortho intramolecular Hbond substituents is 1. The predicted molar refractivity (Wildman–Crippen MR) is 102 cm³/mol. The lowest BCUT2D eigenvalue weighted by atomic mass is 10.2. The number of hydrazone groups is 1. The number of halogens is 1. The number of benzene rings is 2. The van der Waals surface area contributed by atoms with E-state index in [0.29, 0.717) is 11.3 Å². The molecule has 0 aliphatic heterocycles. The van der Waals surface area contributed by atoms with Gasteiger partial charge < -0.3 is 9.84 Å². The average Bonchev–Trinajstić information content (AvgIpc) is 2.61. The highest BCUT2D eigenvalue weighted by Gasteiger charge is 2.23. The highest BCUT2D eigenvalue weighted by molar-refractivity contribution is 7.89. The summed E-state index contributed by atoms with van der Waals surface area (Å²) in [7, 11) is -1.23. The number of aromatic hydroxyl groups is 1. The molecule has 144 valence electrons. The number of sulfonamides is 1. The van der Waals surface area contributed by atoms with E-state index in [-0.39, 0.29) is 15.7 Å². The second-order valence-corrected chi connectivity index (χ2v) is 7.90. The second kappa shape index (κ2) is 8.85. The van der Waals surface area contributed by atoms with Crippen LogP contribution in [0.2, 0.25) is 5.02 Å². The summed E-state index contributed by atoms with van der Waals surface area (Å²) in [6.45, 7) is -0.441. The van der Waals surface area contributed by atoms with Gasteiger partial charge in [-0.05, 0) is 35.9 Å². The minimum atomic E-state index is -3.92. The summed E-state index contributed by atoms with van der Waals surface area (Å²) in [5.74, 6) is -0.219. The van der Waals surface area contributed by atoms with Gasteiger partial charge in [-0.25, -0.2) is 13.8 Å². The van der Waals surface area contributed by atoms with E-state index in [0.717, 1.165) is 4.31 Å². The molecule has 0 radical (unpaired) electrons. The molecule has 0 atom stereocenters. The molecule has 0 fully saturated rings. The number of phenols is 1.